The number of aromatic nitrogens is 2. The minimum absolute atomic E-state index is 0.157. The zero-order chi connectivity index (χ0) is 17.6. The van der Waals surface area contributed by atoms with E-state index in [-0.39, 0.29) is 24.7 Å². The number of carbonyl (C=O) groups is 1. The highest BCUT2D eigenvalue weighted by molar-refractivity contribution is 5.76. The number of hydrogen-bond acceptors (Lipinski definition) is 4. The summed E-state index contributed by atoms with van der Waals surface area (Å²) < 4.78 is 18.7. The number of rotatable bonds is 6. The molecule has 5 nitrogen and oxygen atoms in total. The molecule has 0 spiro atoms. The van der Waals surface area contributed by atoms with Gasteiger partial charge in [0, 0.05) is 30.5 Å². The largest absolute Gasteiger partial charge is 0.352 e. The lowest BCUT2D eigenvalue weighted by Crippen LogP contribution is -2.23. The molecule has 0 aliphatic rings. The Bertz CT molecular complexity index is 876. The van der Waals surface area contributed by atoms with Crippen LogP contribution in [0.5, 0.6) is 0 Å². The molecule has 0 radical (unpaired) electrons. The van der Waals surface area contributed by atoms with Gasteiger partial charge in [0.15, 0.2) is 0 Å². The predicted octanol–water partition coefficient (Wildman–Crippen LogP) is 3.43. The van der Waals surface area contributed by atoms with Gasteiger partial charge in [-0.1, -0.05) is 47.6 Å². The maximum Gasteiger partial charge on any atom is 0.227 e. The van der Waals surface area contributed by atoms with Crippen molar-refractivity contribution >= 4 is 5.91 Å². The van der Waals surface area contributed by atoms with Gasteiger partial charge in [-0.25, -0.2) is 4.39 Å². The van der Waals surface area contributed by atoms with Gasteiger partial charge in [-0.15, -0.1) is 0 Å². The van der Waals surface area contributed by atoms with Crippen LogP contribution in [0.4, 0.5) is 4.39 Å². The summed E-state index contributed by atoms with van der Waals surface area (Å²) in [5.41, 5.74) is 2.41. The maximum atomic E-state index is 13.5. The normalized spacial score (nSPS) is 10.6. The Morgan fingerprint density at radius 3 is 2.72 bits per heavy atom. The molecule has 128 valence electrons. The zero-order valence-electron chi connectivity index (χ0n) is 13.8. The molecule has 0 fully saturated rings. The fourth-order valence-corrected chi connectivity index (χ4v) is 2.43. The van der Waals surface area contributed by atoms with Crippen LogP contribution in [-0.2, 0) is 17.8 Å². The first-order valence-electron chi connectivity index (χ1n) is 8.02. The molecule has 2 aromatic carbocycles. The predicted molar refractivity (Wildman–Crippen MR) is 91.0 cm³/mol. The number of nitrogens with zero attached hydrogens (tertiary/aromatic N) is 2. The molecule has 1 N–H and O–H groups in total. The van der Waals surface area contributed by atoms with Crippen molar-refractivity contribution in [3.05, 3.63) is 71.4 Å². The molecule has 0 saturated heterocycles. The van der Waals surface area contributed by atoms with Crippen molar-refractivity contribution in [2.45, 2.75) is 26.3 Å². The van der Waals surface area contributed by atoms with Crippen molar-refractivity contribution in [3.8, 4) is 11.4 Å². The number of benzene rings is 2. The lowest BCUT2D eigenvalue weighted by atomic mass is 10.1. The molecule has 3 rings (SSSR count). The van der Waals surface area contributed by atoms with Gasteiger partial charge in [0.2, 0.25) is 17.6 Å². The van der Waals surface area contributed by atoms with Crippen LogP contribution in [0.15, 0.2) is 53.1 Å². The van der Waals surface area contributed by atoms with E-state index in [0.717, 1.165) is 11.1 Å². The van der Waals surface area contributed by atoms with E-state index in [4.69, 9.17) is 4.52 Å². The smallest absolute Gasteiger partial charge is 0.227 e. The molecule has 6 heteroatoms. The van der Waals surface area contributed by atoms with Crippen LogP contribution in [0.1, 0.15) is 23.4 Å². The molecule has 0 atom stereocenters. The molecule has 0 unspecified atom stereocenters. The minimum Gasteiger partial charge on any atom is -0.352 e. The summed E-state index contributed by atoms with van der Waals surface area (Å²) in [6.45, 7) is 2.13. The van der Waals surface area contributed by atoms with Crippen LogP contribution in [0, 0.1) is 12.7 Å². The molecule has 0 aliphatic carbocycles. The van der Waals surface area contributed by atoms with Crippen molar-refractivity contribution < 1.29 is 13.7 Å². The number of nitrogens with one attached hydrogen (secondary N) is 1. The highest BCUT2D eigenvalue weighted by Crippen LogP contribution is 2.20. The van der Waals surface area contributed by atoms with Crippen LogP contribution in [0.2, 0.25) is 0 Å². The monoisotopic (exact) mass is 339 g/mol. The second-order valence-electron chi connectivity index (χ2n) is 5.69. The quantitative estimate of drug-likeness (QED) is 0.747. The lowest BCUT2D eigenvalue weighted by molar-refractivity contribution is -0.121. The van der Waals surface area contributed by atoms with E-state index in [1.807, 2.05) is 31.2 Å². The van der Waals surface area contributed by atoms with Gasteiger partial charge in [-0.2, -0.15) is 4.98 Å². The van der Waals surface area contributed by atoms with Gasteiger partial charge in [0.1, 0.15) is 5.82 Å². The van der Waals surface area contributed by atoms with Crippen molar-refractivity contribution in [1.29, 1.82) is 0 Å². The first kappa shape index (κ1) is 16.8. The molecular weight excluding hydrogens is 321 g/mol. The number of halogens is 1. The van der Waals surface area contributed by atoms with E-state index in [2.05, 4.69) is 15.5 Å². The minimum atomic E-state index is -0.331. The molecule has 1 amide bonds. The molecule has 25 heavy (non-hydrogen) atoms. The summed E-state index contributed by atoms with van der Waals surface area (Å²) in [4.78, 5) is 16.2. The summed E-state index contributed by atoms with van der Waals surface area (Å²) in [6.07, 6.45) is 0.534. The van der Waals surface area contributed by atoms with Crippen molar-refractivity contribution in [3.63, 3.8) is 0 Å². The highest BCUT2D eigenvalue weighted by Gasteiger charge is 2.12. The van der Waals surface area contributed by atoms with Gasteiger partial charge in [-0.05, 0) is 18.6 Å². The van der Waals surface area contributed by atoms with Gasteiger partial charge >= 0.3 is 0 Å². The average molecular weight is 339 g/mol. The van der Waals surface area contributed by atoms with Gasteiger partial charge in [0.05, 0.1) is 0 Å². The standard InChI is InChI=1S/C19H18FN3O2/c1-13-6-2-4-8-15(13)19-22-18(25-23-19)11-10-17(24)21-12-14-7-3-5-9-16(14)20/h2-9H,10-12H2,1H3,(H,21,24). The van der Waals surface area contributed by atoms with E-state index in [1.165, 1.54) is 6.07 Å². The van der Waals surface area contributed by atoms with E-state index < -0.39 is 0 Å². The second-order valence-corrected chi connectivity index (χ2v) is 5.69. The van der Waals surface area contributed by atoms with E-state index in [1.54, 1.807) is 18.2 Å². The number of amides is 1. The zero-order valence-corrected chi connectivity index (χ0v) is 13.8. The molecule has 1 aromatic heterocycles. The Balaban J connectivity index is 1.53. The molecule has 0 bridgehead atoms. The number of hydrogen-bond donors (Lipinski definition) is 1. The molecular formula is C19H18FN3O2. The highest BCUT2D eigenvalue weighted by atomic mass is 19.1. The Morgan fingerprint density at radius 2 is 1.92 bits per heavy atom. The molecule has 3 aromatic rings. The summed E-state index contributed by atoms with van der Waals surface area (Å²) in [5, 5.41) is 6.65. The summed E-state index contributed by atoms with van der Waals surface area (Å²) >= 11 is 0. The van der Waals surface area contributed by atoms with Crippen molar-refractivity contribution in [1.82, 2.24) is 15.5 Å². The topological polar surface area (TPSA) is 68.0 Å². The summed E-state index contributed by atoms with van der Waals surface area (Å²) in [7, 11) is 0. The van der Waals surface area contributed by atoms with Crippen LogP contribution in [0.25, 0.3) is 11.4 Å². The third kappa shape index (κ3) is 4.29. The van der Waals surface area contributed by atoms with Gasteiger partial charge < -0.3 is 9.84 Å². The number of carbonyl (C=O) groups excluding carboxylic acids is 1. The van der Waals surface area contributed by atoms with E-state index in [9.17, 15) is 9.18 Å². The third-order valence-corrected chi connectivity index (χ3v) is 3.85. The average Bonchev–Trinajstić information content (AvgIpc) is 3.08. The van der Waals surface area contributed by atoms with Crippen molar-refractivity contribution in [2.24, 2.45) is 0 Å². The molecule has 1 heterocycles. The lowest BCUT2D eigenvalue weighted by Gasteiger charge is -2.05. The fraction of sp³-hybridized carbons (Fsp3) is 0.211. The number of aryl methyl sites for hydroxylation is 2. The Kier molecular flexibility index (Phi) is 5.18. The maximum absolute atomic E-state index is 13.5. The van der Waals surface area contributed by atoms with Gasteiger partial charge in [-0.3, -0.25) is 4.79 Å². The molecule has 0 aliphatic heterocycles. The first-order chi connectivity index (χ1) is 12.1. The van der Waals surface area contributed by atoms with Crippen LogP contribution < -0.4 is 5.32 Å². The summed E-state index contributed by atoms with van der Waals surface area (Å²) in [5.74, 6) is 0.389. The summed E-state index contributed by atoms with van der Waals surface area (Å²) in [6, 6.07) is 14.1. The first-order valence-corrected chi connectivity index (χ1v) is 8.02. The van der Waals surface area contributed by atoms with Crippen LogP contribution in [0.3, 0.4) is 0 Å². The van der Waals surface area contributed by atoms with Gasteiger partial charge in [0.25, 0.3) is 0 Å². The van der Waals surface area contributed by atoms with Crippen LogP contribution in [-0.4, -0.2) is 16.0 Å². The van der Waals surface area contributed by atoms with E-state index >= 15 is 0 Å². The Labute approximate surface area is 144 Å². The SMILES string of the molecule is Cc1ccccc1-c1noc(CCC(=O)NCc2ccccc2F)n1. The fourth-order valence-electron chi connectivity index (χ4n) is 2.43. The Morgan fingerprint density at radius 1 is 1.16 bits per heavy atom. The second kappa shape index (κ2) is 7.70. The van der Waals surface area contributed by atoms with Crippen molar-refractivity contribution in [2.75, 3.05) is 0 Å². The Hall–Kier alpha value is -3.02. The third-order valence-electron chi connectivity index (χ3n) is 3.85. The van der Waals surface area contributed by atoms with Crippen LogP contribution >= 0.6 is 0 Å². The molecule has 0 saturated carbocycles. The van der Waals surface area contributed by atoms with E-state index in [0.29, 0.717) is 23.7 Å².